The second-order valence-electron chi connectivity index (χ2n) is 4.36. The van der Waals surface area contributed by atoms with Gasteiger partial charge in [-0.3, -0.25) is 0 Å². The molecular weight excluding hydrogens is 248 g/mol. The molecule has 0 unspecified atom stereocenters. The number of alkyl halides is 1. The quantitative estimate of drug-likeness (QED) is 0.815. The second-order valence-corrected chi connectivity index (χ2v) is 5.03. The number of nitrogens with one attached hydrogen (secondary N) is 1. The third kappa shape index (κ3) is 2.50. The number of halogens is 3. The standard InChI is InChI=1S/C12H14Cl2FN/c13-8-12(4-1-5-12)16-7-9-6-10(15)2-3-11(9)14/h2-3,6,16H,1,4-5,7-8H2. The van der Waals surface area contributed by atoms with Crippen LogP contribution < -0.4 is 5.32 Å². The van der Waals surface area contributed by atoms with E-state index in [0.29, 0.717) is 17.4 Å². The van der Waals surface area contributed by atoms with Crippen molar-refractivity contribution in [2.45, 2.75) is 31.3 Å². The Hall–Kier alpha value is -0.310. The van der Waals surface area contributed by atoms with Gasteiger partial charge in [0, 0.05) is 23.0 Å². The second kappa shape index (κ2) is 4.91. The van der Waals surface area contributed by atoms with E-state index in [-0.39, 0.29) is 11.4 Å². The van der Waals surface area contributed by atoms with Crippen LogP contribution in [0.25, 0.3) is 0 Å². The molecule has 1 nitrogen and oxygen atoms in total. The van der Waals surface area contributed by atoms with Crippen molar-refractivity contribution in [3.8, 4) is 0 Å². The molecule has 0 aliphatic heterocycles. The van der Waals surface area contributed by atoms with Crippen LogP contribution in [0.2, 0.25) is 5.02 Å². The van der Waals surface area contributed by atoms with Crippen LogP contribution >= 0.6 is 23.2 Å². The highest BCUT2D eigenvalue weighted by Gasteiger charge is 2.35. The van der Waals surface area contributed by atoms with E-state index in [0.717, 1.165) is 18.4 Å². The monoisotopic (exact) mass is 261 g/mol. The molecule has 0 spiro atoms. The van der Waals surface area contributed by atoms with Gasteiger partial charge in [0.2, 0.25) is 0 Å². The van der Waals surface area contributed by atoms with Crippen LogP contribution in [0.4, 0.5) is 4.39 Å². The van der Waals surface area contributed by atoms with Gasteiger partial charge in [0.25, 0.3) is 0 Å². The summed E-state index contributed by atoms with van der Waals surface area (Å²) in [6.07, 6.45) is 3.38. The summed E-state index contributed by atoms with van der Waals surface area (Å²) in [5, 5.41) is 3.98. The predicted molar refractivity (Wildman–Crippen MR) is 65.6 cm³/mol. The molecule has 0 radical (unpaired) electrons. The van der Waals surface area contributed by atoms with Crippen molar-refractivity contribution >= 4 is 23.2 Å². The van der Waals surface area contributed by atoms with Crippen molar-refractivity contribution in [1.82, 2.24) is 5.32 Å². The first-order chi connectivity index (χ1) is 7.65. The Morgan fingerprint density at radius 1 is 1.38 bits per heavy atom. The number of hydrogen-bond acceptors (Lipinski definition) is 1. The Bertz CT molecular complexity index is 372. The van der Waals surface area contributed by atoms with Gasteiger partial charge >= 0.3 is 0 Å². The van der Waals surface area contributed by atoms with Crippen LogP contribution in [0.1, 0.15) is 24.8 Å². The number of rotatable bonds is 4. The van der Waals surface area contributed by atoms with E-state index in [4.69, 9.17) is 23.2 Å². The SMILES string of the molecule is Fc1ccc(Cl)c(CNC2(CCl)CCC2)c1. The van der Waals surface area contributed by atoms with Crippen LogP contribution in [0, 0.1) is 5.82 Å². The summed E-state index contributed by atoms with van der Waals surface area (Å²) in [6, 6.07) is 4.42. The highest BCUT2D eigenvalue weighted by Crippen LogP contribution is 2.33. The summed E-state index contributed by atoms with van der Waals surface area (Å²) in [6.45, 7) is 0.573. The van der Waals surface area contributed by atoms with E-state index >= 15 is 0 Å². The fraction of sp³-hybridized carbons (Fsp3) is 0.500. The third-order valence-electron chi connectivity index (χ3n) is 3.23. The van der Waals surface area contributed by atoms with E-state index in [1.165, 1.54) is 18.6 Å². The largest absolute Gasteiger partial charge is 0.306 e. The maximum Gasteiger partial charge on any atom is 0.123 e. The van der Waals surface area contributed by atoms with Crippen molar-refractivity contribution in [1.29, 1.82) is 0 Å². The molecule has 0 bridgehead atoms. The first kappa shape index (κ1) is 12.2. The van der Waals surface area contributed by atoms with E-state index in [2.05, 4.69) is 5.32 Å². The molecule has 0 atom stereocenters. The zero-order valence-electron chi connectivity index (χ0n) is 8.90. The Morgan fingerprint density at radius 2 is 2.12 bits per heavy atom. The Morgan fingerprint density at radius 3 is 2.69 bits per heavy atom. The van der Waals surface area contributed by atoms with Crippen molar-refractivity contribution in [2.75, 3.05) is 5.88 Å². The normalized spacial score (nSPS) is 18.2. The van der Waals surface area contributed by atoms with Crippen LogP contribution in [0.15, 0.2) is 18.2 Å². The van der Waals surface area contributed by atoms with Crippen LogP contribution in [0.3, 0.4) is 0 Å². The van der Waals surface area contributed by atoms with Crippen molar-refractivity contribution in [3.05, 3.63) is 34.6 Å². The first-order valence-corrected chi connectivity index (χ1v) is 6.31. The molecule has 2 rings (SSSR count). The zero-order chi connectivity index (χ0) is 11.6. The van der Waals surface area contributed by atoms with Gasteiger partial charge in [-0.2, -0.15) is 0 Å². The minimum Gasteiger partial charge on any atom is -0.306 e. The molecule has 1 aromatic carbocycles. The Kier molecular flexibility index (Phi) is 3.73. The van der Waals surface area contributed by atoms with E-state index in [9.17, 15) is 4.39 Å². The molecule has 1 aromatic rings. The van der Waals surface area contributed by atoms with Gasteiger partial charge in [0.1, 0.15) is 5.82 Å². The van der Waals surface area contributed by atoms with Gasteiger partial charge in [-0.05, 0) is 43.0 Å². The van der Waals surface area contributed by atoms with Gasteiger partial charge in [0.15, 0.2) is 0 Å². The Labute approximate surface area is 105 Å². The van der Waals surface area contributed by atoms with E-state index < -0.39 is 0 Å². The van der Waals surface area contributed by atoms with Crippen molar-refractivity contribution < 1.29 is 4.39 Å². The topological polar surface area (TPSA) is 12.0 Å². The van der Waals surface area contributed by atoms with Gasteiger partial charge < -0.3 is 5.32 Å². The lowest BCUT2D eigenvalue weighted by molar-refractivity contribution is 0.211. The van der Waals surface area contributed by atoms with Gasteiger partial charge in [0.05, 0.1) is 0 Å². The van der Waals surface area contributed by atoms with Crippen LogP contribution in [-0.2, 0) is 6.54 Å². The molecule has 1 fully saturated rings. The summed E-state index contributed by atoms with van der Waals surface area (Å²) < 4.78 is 13.0. The fourth-order valence-electron chi connectivity index (χ4n) is 1.92. The molecule has 0 aromatic heterocycles. The number of hydrogen-bond donors (Lipinski definition) is 1. The molecule has 1 saturated carbocycles. The van der Waals surface area contributed by atoms with Gasteiger partial charge in [-0.25, -0.2) is 4.39 Å². The van der Waals surface area contributed by atoms with E-state index in [1.54, 1.807) is 6.07 Å². The average Bonchev–Trinajstić information content (AvgIpc) is 2.22. The minimum absolute atomic E-state index is 0.0389. The third-order valence-corrected chi connectivity index (χ3v) is 4.11. The summed E-state index contributed by atoms with van der Waals surface area (Å²) in [4.78, 5) is 0. The lowest BCUT2D eigenvalue weighted by atomic mass is 9.78. The molecule has 1 aliphatic carbocycles. The van der Waals surface area contributed by atoms with Crippen LogP contribution in [-0.4, -0.2) is 11.4 Å². The molecule has 0 heterocycles. The van der Waals surface area contributed by atoms with Crippen LogP contribution in [0.5, 0.6) is 0 Å². The molecular formula is C12H14Cl2FN. The first-order valence-electron chi connectivity index (χ1n) is 5.40. The Balaban J connectivity index is 2.01. The maximum atomic E-state index is 13.0. The highest BCUT2D eigenvalue weighted by atomic mass is 35.5. The summed E-state index contributed by atoms with van der Waals surface area (Å²) in [5.41, 5.74) is 0.829. The molecule has 0 saturated heterocycles. The fourth-order valence-corrected chi connectivity index (χ4v) is 2.47. The molecule has 4 heteroatoms. The molecule has 16 heavy (non-hydrogen) atoms. The molecule has 0 amide bonds. The summed E-state index contributed by atoms with van der Waals surface area (Å²) >= 11 is 11.9. The zero-order valence-corrected chi connectivity index (χ0v) is 10.4. The lowest BCUT2D eigenvalue weighted by Gasteiger charge is -2.41. The highest BCUT2D eigenvalue weighted by molar-refractivity contribution is 6.31. The van der Waals surface area contributed by atoms with E-state index in [1.807, 2.05) is 0 Å². The lowest BCUT2D eigenvalue weighted by Crippen LogP contribution is -2.52. The summed E-state index contributed by atoms with van der Waals surface area (Å²) in [7, 11) is 0. The molecule has 1 aliphatic rings. The van der Waals surface area contributed by atoms with Gasteiger partial charge in [-0.1, -0.05) is 11.6 Å². The van der Waals surface area contributed by atoms with Crippen molar-refractivity contribution in [2.24, 2.45) is 0 Å². The number of benzene rings is 1. The molecule has 1 N–H and O–H groups in total. The predicted octanol–water partition coefficient (Wildman–Crippen LogP) is 3.73. The minimum atomic E-state index is -0.255. The summed E-state index contributed by atoms with van der Waals surface area (Å²) in [5.74, 6) is 0.342. The van der Waals surface area contributed by atoms with Gasteiger partial charge in [-0.15, -0.1) is 11.6 Å². The smallest absolute Gasteiger partial charge is 0.123 e. The maximum absolute atomic E-state index is 13.0. The molecule has 88 valence electrons. The van der Waals surface area contributed by atoms with Crippen molar-refractivity contribution in [3.63, 3.8) is 0 Å². The average molecular weight is 262 g/mol.